The van der Waals surface area contributed by atoms with E-state index in [2.05, 4.69) is 41.1 Å². The van der Waals surface area contributed by atoms with Crippen LogP contribution in [0, 0.1) is 0 Å². The van der Waals surface area contributed by atoms with Gasteiger partial charge in [-0.3, -0.25) is 19.6 Å². The maximum absolute atomic E-state index is 14.5. The van der Waals surface area contributed by atoms with Gasteiger partial charge in [-0.15, -0.1) is 15.3 Å². The Morgan fingerprint density at radius 1 is 1.05 bits per heavy atom. The van der Waals surface area contributed by atoms with Gasteiger partial charge in [0.05, 0.1) is 37.0 Å². The number of carbonyl (C=O) groups excluding carboxylic acids is 2. The van der Waals surface area contributed by atoms with Crippen molar-refractivity contribution in [1.82, 2.24) is 40.5 Å². The molecule has 0 saturated carbocycles. The van der Waals surface area contributed by atoms with E-state index in [0.717, 1.165) is 34.3 Å². The van der Waals surface area contributed by atoms with Gasteiger partial charge in [-0.2, -0.15) is 13.2 Å². The van der Waals surface area contributed by atoms with E-state index in [-0.39, 0.29) is 49.6 Å². The Kier molecular flexibility index (Phi) is 8.85. The first-order valence-electron chi connectivity index (χ1n) is 11.5. The van der Waals surface area contributed by atoms with Crippen molar-refractivity contribution in [1.29, 1.82) is 0 Å². The van der Waals surface area contributed by atoms with Crippen LogP contribution >= 0.6 is 11.3 Å². The first kappa shape index (κ1) is 27.7. The molecule has 0 radical (unpaired) electrons. The molecule has 16 heteroatoms. The molecule has 0 unspecified atom stereocenters. The highest BCUT2D eigenvalue weighted by Crippen LogP contribution is 2.29. The largest absolute Gasteiger partial charge is 0.416 e. The van der Waals surface area contributed by atoms with Gasteiger partial charge in [-0.05, 0) is 30.7 Å². The molecule has 0 aromatic carbocycles. The number of pyridine rings is 2. The Morgan fingerprint density at radius 3 is 2.64 bits per heavy atom. The van der Waals surface area contributed by atoms with Crippen molar-refractivity contribution >= 4 is 28.3 Å². The van der Waals surface area contributed by atoms with Crippen molar-refractivity contribution in [3.8, 4) is 0 Å². The average Bonchev–Trinajstić information content (AvgIpc) is 3.56. The van der Waals surface area contributed by atoms with Crippen LogP contribution in [-0.2, 0) is 36.9 Å². The molecular formula is C23H21F4N9O2S. The number of rotatable bonds is 11. The number of hydrogen-bond acceptors (Lipinski definition) is 9. The highest BCUT2D eigenvalue weighted by molar-refractivity contribution is 7.15. The summed E-state index contributed by atoms with van der Waals surface area (Å²) in [6, 6.07) is 6.93. The zero-order valence-corrected chi connectivity index (χ0v) is 20.9. The second-order valence-electron chi connectivity index (χ2n) is 8.23. The van der Waals surface area contributed by atoms with Crippen molar-refractivity contribution in [2.24, 2.45) is 0 Å². The molecule has 0 saturated heterocycles. The third-order valence-electron chi connectivity index (χ3n) is 5.18. The number of nitrogens with one attached hydrogen (secondary N) is 2. The van der Waals surface area contributed by atoms with Gasteiger partial charge in [0, 0.05) is 24.5 Å². The van der Waals surface area contributed by atoms with E-state index in [1.165, 1.54) is 6.20 Å². The number of nitrogens with zero attached hydrogens (tertiary/aromatic N) is 7. The summed E-state index contributed by atoms with van der Waals surface area (Å²) in [6.07, 6.45) is -1.60. The molecule has 204 valence electrons. The second-order valence-corrected chi connectivity index (χ2v) is 9.29. The Hall–Kier alpha value is -4.34. The number of anilines is 1. The third kappa shape index (κ3) is 8.33. The number of carbonyl (C=O) groups is 2. The standard InChI is InChI=1S/C23H21F4N9O2S/c24-15(4-5-20-33-34-22(39-20)31-19(37)10-16-3-1-2-7-28-16)12-36-13-18(32-35-36)21(38)30-11-17-9-14(6-8-29-17)23(25,26)27/h1-3,6-9,13,15H,4-5,10-12H2,(H,30,38)(H,31,34,37)/t15-/m1/s1. The molecule has 4 aromatic rings. The van der Waals surface area contributed by atoms with Crippen molar-refractivity contribution in [3.05, 3.63) is 76.6 Å². The van der Waals surface area contributed by atoms with E-state index >= 15 is 0 Å². The van der Waals surface area contributed by atoms with Gasteiger partial charge in [0.1, 0.15) is 11.2 Å². The minimum Gasteiger partial charge on any atom is -0.345 e. The summed E-state index contributed by atoms with van der Waals surface area (Å²) in [5.74, 6) is -0.987. The van der Waals surface area contributed by atoms with E-state index < -0.39 is 23.8 Å². The predicted octanol–water partition coefficient (Wildman–Crippen LogP) is 3.02. The summed E-state index contributed by atoms with van der Waals surface area (Å²) >= 11 is 1.14. The summed E-state index contributed by atoms with van der Waals surface area (Å²) in [7, 11) is 0. The lowest BCUT2D eigenvalue weighted by molar-refractivity contribution is -0.137. The van der Waals surface area contributed by atoms with Gasteiger partial charge in [-0.25, -0.2) is 9.07 Å². The van der Waals surface area contributed by atoms with Crippen LogP contribution in [0.15, 0.2) is 48.9 Å². The Bertz CT molecular complexity index is 1410. The minimum atomic E-state index is -4.53. The van der Waals surface area contributed by atoms with Gasteiger partial charge in [0.2, 0.25) is 11.0 Å². The van der Waals surface area contributed by atoms with Crippen LogP contribution in [0.5, 0.6) is 0 Å². The van der Waals surface area contributed by atoms with Gasteiger partial charge in [0.25, 0.3) is 5.91 Å². The summed E-state index contributed by atoms with van der Waals surface area (Å²) in [4.78, 5) is 32.3. The lowest BCUT2D eigenvalue weighted by atomic mass is 10.2. The van der Waals surface area contributed by atoms with Gasteiger partial charge >= 0.3 is 6.18 Å². The molecule has 11 nitrogen and oxygen atoms in total. The third-order valence-corrected chi connectivity index (χ3v) is 6.08. The maximum Gasteiger partial charge on any atom is 0.416 e. The Balaban J connectivity index is 1.20. The smallest absolute Gasteiger partial charge is 0.345 e. The zero-order valence-electron chi connectivity index (χ0n) is 20.1. The van der Waals surface area contributed by atoms with Crippen LogP contribution in [-0.4, -0.2) is 53.1 Å². The van der Waals surface area contributed by atoms with Crippen molar-refractivity contribution in [2.45, 2.75) is 44.7 Å². The van der Waals surface area contributed by atoms with Crippen molar-refractivity contribution in [3.63, 3.8) is 0 Å². The first-order chi connectivity index (χ1) is 18.7. The number of hydrogen-bond donors (Lipinski definition) is 2. The average molecular weight is 564 g/mol. The molecule has 4 aromatic heterocycles. The summed E-state index contributed by atoms with van der Waals surface area (Å²) < 4.78 is 54.1. The van der Waals surface area contributed by atoms with Gasteiger partial charge < -0.3 is 10.6 Å². The molecule has 0 bridgehead atoms. The fourth-order valence-electron chi connectivity index (χ4n) is 3.31. The van der Waals surface area contributed by atoms with Crippen LogP contribution in [0.3, 0.4) is 0 Å². The summed E-state index contributed by atoms with van der Waals surface area (Å²) in [5, 5.41) is 21.2. The number of halogens is 4. The van der Waals surface area contributed by atoms with E-state index in [1.54, 1.807) is 24.4 Å². The van der Waals surface area contributed by atoms with Gasteiger partial charge in [-0.1, -0.05) is 22.6 Å². The molecule has 2 N–H and O–H groups in total. The molecule has 4 rings (SSSR count). The first-order valence-corrected chi connectivity index (χ1v) is 12.3. The maximum atomic E-state index is 14.5. The van der Waals surface area contributed by atoms with Crippen LogP contribution in [0.4, 0.5) is 22.7 Å². The Labute approximate surface area is 222 Å². The molecule has 39 heavy (non-hydrogen) atoms. The second kappa shape index (κ2) is 12.5. The van der Waals surface area contributed by atoms with Gasteiger partial charge in [0.15, 0.2) is 5.69 Å². The molecule has 0 spiro atoms. The fourth-order valence-corrected chi connectivity index (χ4v) is 4.09. The molecule has 0 fully saturated rings. The number of alkyl halides is 4. The summed E-state index contributed by atoms with van der Waals surface area (Å²) in [5.41, 5.74) is -0.371. The normalized spacial score (nSPS) is 12.2. The zero-order chi connectivity index (χ0) is 27.8. The highest BCUT2D eigenvalue weighted by Gasteiger charge is 2.30. The highest BCUT2D eigenvalue weighted by atomic mass is 32.1. The number of amides is 2. The minimum absolute atomic E-state index is 0.0157. The van der Waals surface area contributed by atoms with Crippen molar-refractivity contribution in [2.75, 3.05) is 5.32 Å². The van der Waals surface area contributed by atoms with Crippen LogP contribution in [0.25, 0.3) is 0 Å². The van der Waals surface area contributed by atoms with Crippen LogP contribution in [0.2, 0.25) is 0 Å². The quantitative estimate of drug-likeness (QED) is 0.266. The fraction of sp³-hybridized carbons (Fsp3) is 0.304. The van der Waals surface area contributed by atoms with E-state index in [9.17, 15) is 27.2 Å². The van der Waals surface area contributed by atoms with Crippen molar-refractivity contribution < 1.29 is 27.2 Å². The molecule has 4 heterocycles. The topological polar surface area (TPSA) is 140 Å². The lowest BCUT2D eigenvalue weighted by Crippen LogP contribution is -2.24. The Morgan fingerprint density at radius 2 is 1.87 bits per heavy atom. The molecule has 2 amide bonds. The van der Waals surface area contributed by atoms with Crippen LogP contribution < -0.4 is 10.6 Å². The number of aromatic nitrogens is 7. The number of aryl methyl sites for hydroxylation is 1. The van der Waals surface area contributed by atoms with E-state index in [1.807, 2.05) is 0 Å². The molecule has 1 atom stereocenters. The van der Waals surface area contributed by atoms with E-state index in [4.69, 9.17) is 0 Å². The van der Waals surface area contributed by atoms with E-state index in [0.29, 0.717) is 15.8 Å². The lowest BCUT2D eigenvalue weighted by Gasteiger charge is -2.08. The summed E-state index contributed by atoms with van der Waals surface area (Å²) in [6.45, 7) is -0.434. The SMILES string of the molecule is O=C(Cc1ccccn1)Nc1nnc(CC[C@@H](F)Cn2cc(C(=O)NCc3cc(C(F)(F)F)ccn3)nn2)s1. The molecular weight excluding hydrogens is 542 g/mol. The molecule has 0 aliphatic heterocycles. The monoisotopic (exact) mass is 563 g/mol. The predicted molar refractivity (Wildman–Crippen MR) is 130 cm³/mol. The molecule has 0 aliphatic carbocycles. The van der Waals surface area contributed by atoms with Crippen LogP contribution in [0.1, 0.15) is 38.9 Å². The molecule has 0 aliphatic rings.